The average molecular weight is 737 g/mol. The second-order valence-electron chi connectivity index (χ2n) is 18.1. The number of rotatable bonds is 11. The van der Waals surface area contributed by atoms with Gasteiger partial charge in [-0.25, -0.2) is 0 Å². The highest BCUT2D eigenvalue weighted by Gasteiger charge is 2.59. The molecule has 0 amide bonds. The van der Waals surface area contributed by atoms with E-state index in [2.05, 4.69) is 59.8 Å². The largest absolute Gasteiger partial charge is 0.394 e. The minimum absolute atomic E-state index is 0.171. The van der Waals surface area contributed by atoms with Crippen molar-refractivity contribution in [2.24, 2.45) is 52.3 Å². The van der Waals surface area contributed by atoms with Crippen LogP contribution in [0, 0.1) is 52.3 Å². The van der Waals surface area contributed by atoms with Crippen LogP contribution in [0.4, 0.5) is 0 Å². The molecule has 0 spiro atoms. The van der Waals surface area contributed by atoms with Crippen LogP contribution in [0.5, 0.6) is 0 Å². The van der Waals surface area contributed by atoms with Crippen molar-refractivity contribution in [1.82, 2.24) is 0 Å². The molecule has 7 N–H and O–H groups in total. The molecule has 19 atom stereocenters. The lowest BCUT2D eigenvalue weighted by Crippen LogP contribution is -2.65. The van der Waals surface area contributed by atoms with E-state index in [-0.39, 0.29) is 11.5 Å². The van der Waals surface area contributed by atoms with Gasteiger partial charge in [-0.2, -0.15) is 0 Å². The van der Waals surface area contributed by atoms with Crippen LogP contribution in [0.2, 0.25) is 0 Å². The van der Waals surface area contributed by atoms with Gasteiger partial charge in [0.05, 0.1) is 19.3 Å². The summed E-state index contributed by atoms with van der Waals surface area (Å²) < 4.78 is 23.5. The van der Waals surface area contributed by atoms with Gasteiger partial charge in [0.15, 0.2) is 12.6 Å². The molecule has 19 unspecified atom stereocenters. The first kappa shape index (κ1) is 40.7. The van der Waals surface area contributed by atoms with Crippen molar-refractivity contribution in [3.05, 3.63) is 23.8 Å². The molecule has 298 valence electrons. The molecule has 2 aliphatic heterocycles. The van der Waals surface area contributed by atoms with Gasteiger partial charge in [-0.05, 0) is 110 Å². The van der Waals surface area contributed by atoms with E-state index < -0.39 is 74.6 Å². The second-order valence-corrected chi connectivity index (χ2v) is 18.1. The molecule has 2 heterocycles. The van der Waals surface area contributed by atoms with Gasteiger partial charge in [0, 0.05) is 0 Å². The Hall–Kier alpha value is -0.960. The fourth-order valence-electron chi connectivity index (χ4n) is 11.6. The Labute approximate surface area is 310 Å². The standard InChI is InChI=1S/C41H68O11/c1-7-23(21(2)3)9-8-22(4)27-12-13-28-26-11-10-24-18-25(14-16-40(24,5)29(26)15-17-41(27,28)6)49-38-36(48)34(46)37(31(20-43)51-38)52-39-35(47)33(45)32(44)30(19-42)50-39/h8-9,11,21-25,27-39,42-48H,7,10,12-20H2,1-6H3/b9-8+. The molecule has 6 rings (SSSR count). The van der Waals surface area contributed by atoms with Crippen LogP contribution in [-0.4, -0.2) is 116 Å². The smallest absolute Gasteiger partial charge is 0.187 e. The van der Waals surface area contributed by atoms with Gasteiger partial charge in [-0.3, -0.25) is 0 Å². The van der Waals surface area contributed by atoms with Gasteiger partial charge >= 0.3 is 0 Å². The lowest BCUT2D eigenvalue weighted by Gasteiger charge is -2.58. The minimum Gasteiger partial charge on any atom is -0.394 e. The summed E-state index contributed by atoms with van der Waals surface area (Å²) >= 11 is 0. The first-order valence-corrected chi connectivity index (χ1v) is 20.3. The van der Waals surface area contributed by atoms with Crippen LogP contribution in [0.3, 0.4) is 0 Å². The summed E-state index contributed by atoms with van der Waals surface area (Å²) in [4.78, 5) is 0. The molecular weight excluding hydrogens is 668 g/mol. The van der Waals surface area contributed by atoms with Crippen molar-refractivity contribution in [2.45, 2.75) is 167 Å². The van der Waals surface area contributed by atoms with Gasteiger partial charge < -0.3 is 54.7 Å². The number of hydrogen-bond acceptors (Lipinski definition) is 11. The highest BCUT2D eigenvalue weighted by Crippen LogP contribution is 2.67. The average Bonchev–Trinajstić information content (AvgIpc) is 3.48. The summed E-state index contributed by atoms with van der Waals surface area (Å²) in [7, 11) is 0. The van der Waals surface area contributed by atoms with Crippen LogP contribution in [0.15, 0.2) is 23.8 Å². The lowest BCUT2D eigenvalue weighted by atomic mass is 9.47. The fourth-order valence-corrected chi connectivity index (χ4v) is 11.6. The first-order chi connectivity index (χ1) is 24.7. The predicted octanol–water partition coefficient (Wildman–Crippen LogP) is 3.45. The molecule has 52 heavy (non-hydrogen) atoms. The number of fused-ring (bicyclic) bond motifs is 5. The first-order valence-electron chi connectivity index (χ1n) is 20.3. The monoisotopic (exact) mass is 736 g/mol. The van der Waals surface area contributed by atoms with E-state index in [1.807, 2.05) is 0 Å². The second kappa shape index (κ2) is 16.3. The zero-order valence-electron chi connectivity index (χ0n) is 32.2. The van der Waals surface area contributed by atoms with Crippen molar-refractivity contribution in [3.8, 4) is 0 Å². The number of aliphatic hydroxyl groups excluding tert-OH is 7. The van der Waals surface area contributed by atoms with E-state index in [1.54, 1.807) is 5.57 Å². The van der Waals surface area contributed by atoms with Crippen LogP contribution < -0.4 is 0 Å². The molecule has 2 saturated heterocycles. The Bertz CT molecular complexity index is 1250. The van der Waals surface area contributed by atoms with E-state index in [9.17, 15) is 35.7 Å². The van der Waals surface area contributed by atoms with Crippen LogP contribution in [0.1, 0.15) is 99.3 Å². The Balaban J connectivity index is 1.08. The molecule has 0 aromatic carbocycles. The third kappa shape index (κ3) is 7.36. The summed E-state index contributed by atoms with van der Waals surface area (Å²) in [6.45, 7) is 13.2. The molecule has 4 aliphatic carbocycles. The summed E-state index contributed by atoms with van der Waals surface area (Å²) in [6, 6.07) is 0. The topological polar surface area (TPSA) is 179 Å². The Kier molecular flexibility index (Phi) is 12.7. The van der Waals surface area contributed by atoms with E-state index >= 15 is 0 Å². The minimum atomic E-state index is -1.71. The predicted molar refractivity (Wildman–Crippen MR) is 193 cm³/mol. The number of ether oxygens (including phenoxy) is 4. The highest BCUT2D eigenvalue weighted by atomic mass is 16.7. The van der Waals surface area contributed by atoms with Crippen molar-refractivity contribution in [2.75, 3.05) is 13.2 Å². The maximum Gasteiger partial charge on any atom is 0.187 e. The van der Waals surface area contributed by atoms with Gasteiger partial charge in [-0.1, -0.05) is 65.3 Å². The van der Waals surface area contributed by atoms with Crippen LogP contribution in [-0.2, 0) is 18.9 Å². The zero-order valence-corrected chi connectivity index (χ0v) is 32.2. The SMILES string of the molecule is CCC(/C=C/C(C)C1CCC2C3=CCC4CC(OC5OC(CO)C(OC6OC(CO)C(O)C(O)C6O)C(O)C5O)CCC4(C)C3CCC21C)C(C)C. The van der Waals surface area contributed by atoms with Crippen LogP contribution in [0.25, 0.3) is 0 Å². The van der Waals surface area contributed by atoms with Gasteiger partial charge in [0.2, 0.25) is 0 Å². The third-order valence-electron chi connectivity index (χ3n) is 15.0. The molecule has 0 aromatic rings. The van der Waals surface area contributed by atoms with Gasteiger partial charge in [0.25, 0.3) is 0 Å². The third-order valence-corrected chi connectivity index (χ3v) is 15.0. The van der Waals surface area contributed by atoms with Crippen LogP contribution >= 0.6 is 0 Å². The van der Waals surface area contributed by atoms with Crippen molar-refractivity contribution < 1.29 is 54.7 Å². The number of aliphatic hydroxyl groups is 7. The maximum atomic E-state index is 11.1. The summed E-state index contributed by atoms with van der Waals surface area (Å²) in [6.07, 6.45) is 2.75. The molecule has 6 aliphatic rings. The van der Waals surface area contributed by atoms with Crippen molar-refractivity contribution in [3.63, 3.8) is 0 Å². The number of allylic oxidation sites excluding steroid dienone is 4. The fraction of sp³-hybridized carbons (Fsp3) is 0.902. The zero-order chi connectivity index (χ0) is 37.7. The summed E-state index contributed by atoms with van der Waals surface area (Å²) in [5.74, 6) is 4.23. The molecule has 0 radical (unpaired) electrons. The lowest BCUT2D eigenvalue weighted by molar-refractivity contribution is -0.364. The molecular formula is C41H68O11. The van der Waals surface area contributed by atoms with Gasteiger partial charge in [-0.15, -0.1) is 0 Å². The molecule has 3 saturated carbocycles. The van der Waals surface area contributed by atoms with Crippen molar-refractivity contribution in [1.29, 1.82) is 0 Å². The Morgan fingerprint density at radius 2 is 1.40 bits per heavy atom. The Morgan fingerprint density at radius 1 is 0.769 bits per heavy atom. The van der Waals surface area contributed by atoms with Crippen molar-refractivity contribution >= 4 is 0 Å². The highest BCUT2D eigenvalue weighted by molar-refractivity contribution is 5.28. The van der Waals surface area contributed by atoms with E-state index in [0.29, 0.717) is 46.8 Å². The molecule has 0 aromatic heterocycles. The molecule has 0 bridgehead atoms. The van der Waals surface area contributed by atoms with E-state index in [0.717, 1.165) is 25.7 Å². The molecule has 11 nitrogen and oxygen atoms in total. The maximum absolute atomic E-state index is 11.1. The quantitative estimate of drug-likeness (QED) is 0.155. The normalized spacial score (nSPS) is 49.3. The molecule has 5 fully saturated rings. The summed E-state index contributed by atoms with van der Waals surface area (Å²) in [5.41, 5.74) is 2.21. The van der Waals surface area contributed by atoms with Gasteiger partial charge in [0.1, 0.15) is 48.8 Å². The van der Waals surface area contributed by atoms with E-state index in [1.165, 1.54) is 32.1 Å². The molecule has 11 heteroatoms. The number of hydrogen-bond donors (Lipinski definition) is 7. The Morgan fingerprint density at radius 3 is 2.08 bits per heavy atom. The van der Waals surface area contributed by atoms with E-state index in [4.69, 9.17) is 18.9 Å². The summed E-state index contributed by atoms with van der Waals surface area (Å²) in [5, 5.41) is 72.7.